The van der Waals surface area contributed by atoms with Crippen molar-refractivity contribution in [2.24, 2.45) is 7.05 Å². The Morgan fingerprint density at radius 1 is 1.00 bits per heavy atom. The van der Waals surface area contributed by atoms with Crippen LogP contribution in [-0.2, 0) is 7.05 Å². The number of hydrogen-bond acceptors (Lipinski definition) is 3. The van der Waals surface area contributed by atoms with Crippen LogP contribution in [0.15, 0.2) is 60.7 Å². The fraction of sp³-hybridized carbons (Fsp3) is 0.0556. The molecule has 0 aliphatic carbocycles. The molecule has 4 heteroatoms. The van der Waals surface area contributed by atoms with Gasteiger partial charge in [0.15, 0.2) is 11.6 Å². The Morgan fingerprint density at radius 2 is 1.64 bits per heavy atom. The van der Waals surface area contributed by atoms with Crippen molar-refractivity contribution in [2.75, 3.05) is 0 Å². The van der Waals surface area contributed by atoms with Gasteiger partial charge in [0, 0.05) is 12.6 Å². The smallest absolute Gasteiger partial charge is 0.174 e. The van der Waals surface area contributed by atoms with E-state index in [0.29, 0.717) is 11.4 Å². The van der Waals surface area contributed by atoms with E-state index in [-0.39, 0.29) is 0 Å². The number of hydrogen-bond donors (Lipinski definition) is 0. The van der Waals surface area contributed by atoms with Gasteiger partial charge in [-0.1, -0.05) is 60.7 Å². The lowest BCUT2D eigenvalue weighted by molar-refractivity contribution is 0.901. The van der Waals surface area contributed by atoms with Crippen molar-refractivity contribution >= 4 is 11.6 Å². The van der Waals surface area contributed by atoms with E-state index in [4.69, 9.17) is 0 Å². The third-order valence-corrected chi connectivity index (χ3v) is 3.38. The van der Waals surface area contributed by atoms with Crippen LogP contribution in [0.2, 0.25) is 0 Å². The Labute approximate surface area is 129 Å². The van der Waals surface area contributed by atoms with E-state index in [2.05, 4.69) is 16.3 Å². The normalized spacial score (nSPS) is 11.2. The highest BCUT2D eigenvalue weighted by atomic mass is 15.3. The highest BCUT2D eigenvalue weighted by Gasteiger charge is 2.14. The largest absolute Gasteiger partial charge is 0.310 e. The zero-order chi connectivity index (χ0) is 15.4. The first-order valence-electron chi connectivity index (χ1n) is 6.91. The summed E-state index contributed by atoms with van der Waals surface area (Å²) in [5.74, 6) is 1.30. The first kappa shape index (κ1) is 13.8. The van der Waals surface area contributed by atoms with Crippen molar-refractivity contribution in [1.29, 1.82) is 5.26 Å². The molecule has 0 aliphatic heterocycles. The van der Waals surface area contributed by atoms with E-state index in [9.17, 15) is 5.26 Å². The van der Waals surface area contributed by atoms with Crippen LogP contribution in [0.4, 0.5) is 0 Å². The van der Waals surface area contributed by atoms with E-state index in [1.807, 2.05) is 78.4 Å². The molecule has 22 heavy (non-hydrogen) atoms. The summed E-state index contributed by atoms with van der Waals surface area (Å²) in [5, 5.41) is 17.8. The van der Waals surface area contributed by atoms with E-state index < -0.39 is 0 Å². The van der Waals surface area contributed by atoms with Gasteiger partial charge in [-0.3, -0.25) is 0 Å². The van der Waals surface area contributed by atoms with Crippen LogP contribution in [0, 0.1) is 11.3 Å². The Kier molecular flexibility index (Phi) is 3.80. The van der Waals surface area contributed by atoms with Gasteiger partial charge in [0.05, 0.1) is 5.57 Å². The molecule has 106 valence electrons. The predicted octanol–water partition coefficient (Wildman–Crippen LogP) is 3.55. The summed E-state index contributed by atoms with van der Waals surface area (Å²) in [6, 6.07) is 21.7. The SMILES string of the molecule is Cn1c(/C(C#N)=C\c2ccccc2)nnc1-c1ccccc1. The zero-order valence-electron chi connectivity index (χ0n) is 12.1. The van der Waals surface area contributed by atoms with Crippen molar-refractivity contribution in [3.05, 3.63) is 72.1 Å². The molecule has 0 unspecified atom stereocenters. The van der Waals surface area contributed by atoms with Gasteiger partial charge in [-0.2, -0.15) is 5.26 Å². The van der Waals surface area contributed by atoms with Crippen LogP contribution < -0.4 is 0 Å². The highest BCUT2D eigenvalue weighted by molar-refractivity contribution is 5.87. The van der Waals surface area contributed by atoms with Gasteiger partial charge in [0.25, 0.3) is 0 Å². The number of nitrogens with zero attached hydrogens (tertiary/aromatic N) is 4. The minimum absolute atomic E-state index is 0.489. The van der Waals surface area contributed by atoms with E-state index in [0.717, 1.165) is 17.0 Å². The lowest BCUT2D eigenvalue weighted by Crippen LogP contribution is -1.98. The first-order valence-corrected chi connectivity index (χ1v) is 6.91. The average molecular weight is 286 g/mol. The number of aromatic nitrogens is 3. The molecule has 0 fully saturated rings. The molecule has 0 radical (unpaired) electrons. The molecule has 0 bridgehead atoms. The summed E-state index contributed by atoms with van der Waals surface area (Å²) in [4.78, 5) is 0. The number of nitriles is 1. The molecule has 0 saturated heterocycles. The average Bonchev–Trinajstić information content (AvgIpc) is 2.96. The molecular formula is C18H14N4. The van der Waals surface area contributed by atoms with E-state index in [1.54, 1.807) is 0 Å². The molecule has 1 heterocycles. The molecule has 0 spiro atoms. The summed E-state index contributed by atoms with van der Waals surface area (Å²) in [5.41, 5.74) is 2.42. The maximum Gasteiger partial charge on any atom is 0.174 e. The van der Waals surface area contributed by atoms with Gasteiger partial charge in [0.2, 0.25) is 0 Å². The molecule has 4 nitrogen and oxygen atoms in total. The van der Waals surface area contributed by atoms with Gasteiger partial charge < -0.3 is 4.57 Å². The van der Waals surface area contributed by atoms with Crippen LogP contribution in [-0.4, -0.2) is 14.8 Å². The van der Waals surface area contributed by atoms with Crippen molar-refractivity contribution in [3.63, 3.8) is 0 Å². The molecule has 0 saturated carbocycles. The van der Waals surface area contributed by atoms with E-state index >= 15 is 0 Å². The molecule has 0 aliphatic rings. The molecule has 3 aromatic rings. The fourth-order valence-electron chi connectivity index (χ4n) is 2.27. The van der Waals surface area contributed by atoms with Crippen LogP contribution in [0.25, 0.3) is 23.0 Å². The van der Waals surface area contributed by atoms with Crippen LogP contribution in [0.5, 0.6) is 0 Å². The van der Waals surface area contributed by atoms with Crippen molar-refractivity contribution < 1.29 is 0 Å². The third-order valence-electron chi connectivity index (χ3n) is 3.38. The molecule has 0 amide bonds. The lowest BCUT2D eigenvalue weighted by Gasteiger charge is -2.03. The highest BCUT2D eigenvalue weighted by Crippen LogP contribution is 2.21. The van der Waals surface area contributed by atoms with Crippen molar-refractivity contribution in [1.82, 2.24) is 14.8 Å². The summed E-state index contributed by atoms with van der Waals surface area (Å²) in [7, 11) is 1.87. The molecule has 0 atom stereocenters. The number of benzene rings is 2. The summed E-state index contributed by atoms with van der Waals surface area (Å²) >= 11 is 0. The van der Waals surface area contributed by atoms with Gasteiger partial charge in [-0.15, -0.1) is 10.2 Å². The van der Waals surface area contributed by atoms with Crippen LogP contribution in [0.1, 0.15) is 11.4 Å². The Hall–Kier alpha value is -3.19. The van der Waals surface area contributed by atoms with E-state index in [1.165, 1.54) is 0 Å². The first-order chi connectivity index (χ1) is 10.8. The second-order valence-electron chi connectivity index (χ2n) is 4.85. The topological polar surface area (TPSA) is 54.5 Å². The van der Waals surface area contributed by atoms with Gasteiger partial charge in [-0.05, 0) is 11.6 Å². The fourth-order valence-corrected chi connectivity index (χ4v) is 2.27. The second kappa shape index (κ2) is 6.06. The van der Waals surface area contributed by atoms with Gasteiger partial charge in [0.1, 0.15) is 6.07 Å². The summed E-state index contributed by atoms with van der Waals surface area (Å²) in [6.45, 7) is 0. The quantitative estimate of drug-likeness (QED) is 0.692. The third kappa shape index (κ3) is 2.65. The van der Waals surface area contributed by atoms with Gasteiger partial charge >= 0.3 is 0 Å². The Morgan fingerprint density at radius 3 is 2.27 bits per heavy atom. The minimum Gasteiger partial charge on any atom is -0.310 e. The van der Waals surface area contributed by atoms with Gasteiger partial charge in [-0.25, -0.2) is 0 Å². The van der Waals surface area contributed by atoms with Crippen molar-refractivity contribution in [2.45, 2.75) is 0 Å². The molecule has 2 aromatic carbocycles. The monoisotopic (exact) mass is 286 g/mol. The van der Waals surface area contributed by atoms with Crippen molar-refractivity contribution in [3.8, 4) is 17.5 Å². The van der Waals surface area contributed by atoms with Crippen LogP contribution in [0.3, 0.4) is 0 Å². The lowest BCUT2D eigenvalue weighted by atomic mass is 10.1. The standard InChI is InChI=1S/C18H14N4/c1-22-17(15-10-6-3-7-11-15)20-21-18(22)16(13-19)12-14-8-4-2-5-9-14/h2-12H,1H3/b16-12-. The second-order valence-corrected chi connectivity index (χ2v) is 4.85. The molecular weight excluding hydrogens is 272 g/mol. The number of rotatable bonds is 3. The Balaban J connectivity index is 2.04. The Bertz CT molecular complexity index is 840. The summed E-state index contributed by atoms with van der Waals surface area (Å²) < 4.78 is 1.84. The maximum atomic E-state index is 9.45. The molecule has 3 rings (SSSR count). The molecule has 1 aromatic heterocycles. The zero-order valence-corrected chi connectivity index (χ0v) is 12.1. The molecule has 0 N–H and O–H groups in total. The summed E-state index contributed by atoms with van der Waals surface area (Å²) in [6.07, 6.45) is 1.82. The van der Waals surface area contributed by atoms with Crippen LogP contribution >= 0.6 is 0 Å². The maximum absolute atomic E-state index is 9.45. The minimum atomic E-state index is 0.489. The number of allylic oxidation sites excluding steroid dienone is 1. The predicted molar refractivity (Wildman–Crippen MR) is 86.4 cm³/mol.